The third-order valence-electron chi connectivity index (χ3n) is 3.89. The number of aryl methyl sites for hydroxylation is 1. The van der Waals surface area contributed by atoms with Crippen molar-refractivity contribution >= 4 is 11.6 Å². The SMILES string of the molecule is COc1ccc(Cl)cc1C(O)C1CCc2cccnc21. The van der Waals surface area contributed by atoms with Crippen LogP contribution in [0.3, 0.4) is 0 Å². The van der Waals surface area contributed by atoms with E-state index < -0.39 is 6.10 Å². The summed E-state index contributed by atoms with van der Waals surface area (Å²) < 4.78 is 5.33. The first-order chi connectivity index (χ1) is 9.70. The van der Waals surface area contributed by atoms with Gasteiger partial charge in [0.05, 0.1) is 13.2 Å². The van der Waals surface area contributed by atoms with E-state index in [9.17, 15) is 5.11 Å². The number of hydrogen-bond donors (Lipinski definition) is 1. The van der Waals surface area contributed by atoms with E-state index in [4.69, 9.17) is 16.3 Å². The van der Waals surface area contributed by atoms with Crippen molar-refractivity contribution < 1.29 is 9.84 Å². The van der Waals surface area contributed by atoms with Crippen molar-refractivity contribution in [3.63, 3.8) is 0 Å². The summed E-state index contributed by atoms with van der Waals surface area (Å²) in [6.45, 7) is 0. The molecule has 1 aromatic carbocycles. The van der Waals surface area contributed by atoms with Gasteiger partial charge in [-0.1, -0.05) is 17.7 Å². The monoisotopic (exact) mass is 289 g/mol. The second-order valence-electron chi connectivity index (χ2n) is 5.02. The molecule has 0 aliphatic heterocycles. The summed E-state index contributed by atoms with van der Waals surface area (Å²) in [6.07, 6.45) is 2.97. The van der Waals surface area contributed by atoms with Crippen molar-refractivity contribution in [2.24, 2.45) is 0 Å². The van der Waals surface area contributed by atoms with E-state index in [0.717, 1.165) is 24.1 Å². The number of halogens is 1. The summed E-state index contributed by atoms with van der Waals surface area (Å²) in [5.41, 5.74) is 2.93. The molecule has 0 radical (unpaired) electrons. The molecule has 0 amide bonds. The fourth-order valence-electron chi connectivity index (χ4n) is 2.90. The van der Waals surface area contributed by atoms with Gasteiger partial charge in [0.15, 0.2) is 0 Å². The molecule has 1 heterocycles. The molecule has 1 aliphatic carbocycles. The molecule has 3 nitrogen and oxygen atoms in total. The first-order valence-corrected chi connectivity index (χ1v) is 7.04. The first kappa shape index (κ1) is 13.4. The Hall–Kier alpha value is -1.58. The number of fused-ring (bicyclic) bond motifs is 1. The van der Waals surface area contributed by atoms with Gasteiger partial charge in [-0.3, -0.25) is 4.98 Å². The van der Waals surface area contributed by atoms with Crippen LogP contribution >= 0.6 is 11.6 Å². The molecule has 4 heteroatoms. The van der Waals surface area contributed by atoms with E-state index >= 15 is 0 Å². The van der Waals surface area contributed by atoms with E-state index in [0.29, 0.717) is 10.8 Å². The molecule has 104 valence electrons. The van der Waals surface area contributed by atoms with Crippen LogP contribution in [0.25, 0.3) is 0 Å². The van der Waals surface area contributed by atoms with E-state index in [1.165, 1.54) is 5.56 Å². The van der Waals surface area contributed by atoms with Gasteiger partial charge in [0.1, 0.15) is 5.75 Å². The molecular weight excluding hydrogens is 274 g/mol. The minimum absolute atomic E-state index is 0.00133. The molecule has 3 rings (SSSR count). The van der Waals surface area contributed by atoms with Crippen LogP contribution in [-0.4, -0.2) is 17.2 Å². The lowest BCUT2D eigenvalue weighted by atomic mass is 9.93. The highest BCUT2D eigenvalue weighted by atomic mass is 35.5. The minimum atomic E-state index is -0.653. The number of pyridine rings is 1. The number of benzene rings is 1. The van der Waals surface area contributed by atoms with Crippen molar-refractivity contribution in [1.29, 1.82) is 0 Å². The highest BCUT2D eigenvalue weighted by molar-refractivity contribution is 6.30. The molecule has 1 aliphatic rings. The minimum Gasteiger partial charge on any atom is -0.496 e. The second kappa shape index (κ2) is 5.43. The number of methoxy groups -OCH3 is 1. The molecule has 0 saturated heterocycles. The maximum atomic E-state index is 10.7. The lowest BCUT2D eigenvalue weighted by Crippen LogP contribution is -2.10. The fraction of sp³-hybridized carbons (Fsp3) is 0.312. The van der Waals surface area contributed by atoms with Gasteiger partial charge < -0.3 is 9.84 Å². The van der Waals surface area contributed by atoms with Gasteiger partial charge in [0.25, 0.3) is 0 Å². The number of aliphatic hydroxyl groups excluding tert-OH is 1. The van der Waals surface area contributed by atoms with Gasteiger partial charge in [0.2, 0.25) is 0 Å². The van der Waals surface area contributed by atoms with Gasteiger partial charge in [-0.05, 0) is 42.7 Å². The van der Waals surface area contributed by atoms with Crippen molar-refractivity contribution in [1.82, 2.24) is 4.98 Å². The van der Waals surface area contributed by atoms with Crippen LogP contribution in [0, 0.1) is 0 Å². The van der Waals surface area contributed by atoms with Crippen LogP contribution < -0.4 is 4.74 Å². The number of hydrogen-bond acceptors (Lipinski definition) is 3. The quantitative estimate of drug-likeness (QED) is 0.940. The Morgan fingerprint density at radius 3 is 3.05 bits per heavy atom. The summed E-state index contributed by atoms with van der Waals surface area (Å²) in [7, 11) is 1.60. The maximum absolute atomic E-state index is 10.7. The lowest BCUT2D eigenvalue weighted by Gasteiger charge is -2.21. The highest BCUT2D eigenvalue weighted by Gasteiger charge is 2.32. The molecule has 2 atom stereocenters. The number of ether oxygens (including phenoxy) is 1. The molecule has 1 N–H and O–H groups in total. The van der Waals surface area contributed by atoms with Crippen molar-refractivity contribution in [2.45, 2.75) is 24.9 Å². The summed E-state index contributed by atoms with van der Waals surface area (Å²) in [5.74, 6) is 0.657. The topological polar surface area (TPSA) is 42.4 Å². The molecule has 0 saturated carbocycles. The molecule has 0 spiro atoms. The first-order valence-electron chi connectivity index (χ1n) is 6.66. The largest absolute Gasteiger partial charge is 0.496 e. The lowest BCUT2D eigenvalue weighted by molar-refractivity contribution is 0.140. The summed E-state index contributed by atoms with van der Waals surface area (Å²) in [5, 5.41) is 11.3. The Morgan fingerprint density at radius 2 is 2.25 bits per heavy atom. The predicted octanol–water partition coefficient (Wildman–Crippen LogP) is 3.51. The van der Waals surface area contributed by atoms with Crippen LogP contribution in [0.2, 0.25) is 5.02 Å². The van der Waals surface area contributed by atoms with E-state index in [1.807, 2.05) is 6.07 Å². The van der Waals surface area contributed by atoms with Crippen LogP contribution in [0.4, 0.5) is 0 Å². The zero-order valence-electron chi connectivity index (χ0n) is 11.2. The smallest absolute Gasteiger partial charge is 0.124 e. The Balaban J connectivity index is 1.98. The summed E-state index contributed by atoms with van der Waals surface area (Å²) in [6, 6.07) is 9.33. The van der Waals surface area contributed by atoms with Gasteiger partial charge >= 0.3 is 0 Å². The van der Waals surface area contributed by atoms with Crippen LogP contribution in [0.1, 0.15) is 35.3 Å². The van der Waals surface area contributed by atoms with Gasteiger partial charge in [-0.25, -0.2) is 0 Å². The summed E-state index contributed by atoms with van der Waals surface area (Å²) in [4.78, 5) is 4.43. The maximum Gasteiger partial charge on any atom is 0.124 e. The molecule has 2 unspecified atom stereocenters. The summed E-state index contributed by atoms with van der Waals surface area (Å²) >= 11 is 6.04. The Kier molecular flexibility index (Phi) is 3.64. The molecule has 0 fully saturated rings. The van der Waals surface area contributed by atoms with E-state index in [1.54, 1.807) is 31.5 Å². The normalized spacial score (nSPS) is 18.6. The average molecular weight is 290 g/mol. The number of nitrogens with zero attached hydrogens (tertiary/aromatic N) is 1. The molecule has 2 aromatic rings. The standard InChI is InChI=1S/C16H16ClNO2/c1-20-14-7-5-11(17)9-13(14)16(19)12-6-4-10-3-2-8-18-15(10)12/h2-3,5,7-9,12,16,19H,4,6H2,1H3. The zero-order chi connectivity index (χ0) is 14.1. The van der Waals surface area contributed by atoms with Crippen molar-refractivity contribution in [2.75, 3.05) is 7.11 Å². The zero-order valence-corrected chi connectivity index (χ0v) is 12.0. The van der Waals surface area contributed by atoms with Gasteiger partial charge in [-0.15, -0.1) is 0 Å². The highest BCUT2D eigenvalue weighted by Crippen LogP contribution is 2.43. The van der Waals surface area contributed by atoms with Gasteiger partial charge in [0, 0.05) is 28.4 Å². The third kappa shape index (κ3) is 2.28. The van der Waals surface area contributed by atoms with Crippen LogP contribution in [0.15, 0.2) is 36.5 Å². The number of aromatic nitrogens is 1. The Bertz CT molecular complexity index is 630. The van der Waals surface area contributed by atoms with Crippen LogP contribution in [-0.2, 0) is 6.42 Å². The molecular formula is C16H16ClNO2. The van der Waals surface area contributed by atoms with E-state index in [2.05, 4.69) is 11.1 Å². The average Bonchev–Trinajstić information content (AvgIpc) is 2.90. The molecule has 0 bridgehead atoms. The van der Waals surface area contributed by atoms with Crippen molar-refractivity contribution in [3.05, 3.63) is 58.4 Å². The van der Waals surface area contributed by atoms with Gasteiger partial charge in [-0.2, -0.15) is 0 Å². The molecule has 1 aromatic heterocycles. The van der Waals surface area contributed by atoms with Crippen molar-refractivity contribution in [3.8, 4) is 5.75 Å². The van der Waals surface area contributed by atoms with E-state index in [-0.39, 0.29) is 5.92 Å². The third-order valence-corrected chi connectivity index (χ3v) is 4.13. The molecule has 20 heavy (non-hydrogen) atoms. The predicted molar refractivity (Wildman–Crippen MR) is 78.3 cm³/mol. The Labute approximate surface area is 123 Å². The number of rotatable bonds is 3. The second-order valence-corrected chi connectivity index (χ2v) is 5.46. The fourth-order valence-corrected chi connectivity index (χ4v) is 3.08. The Morgan fingerprint density at radius 1 is 1.40 bits per heavy atom. The number of aliphatic hydroxyl groups is 1. The van der Waals surface area contributed by atoms with Crippen LogP contribution in [0.5, 0.6) is 5.75 Å².